The molecule has 1 aliphatic carbocycles. The molecular formula is C32H38N4O8. The Kier molecular flexibility index (Phi) is 7.32. The molecule has 3 aliphatic heterocycles. The molecule has 12 nitrogen and oxygen atoms in total. The molecule has 2 aromatic carbocycles. The maximum absolute atomic E-state index is 13.1. The minimum absolute atomic E-state index is 0.0622. The molecule has 2 fully saturated rings. The molecule has 1 amide bonds. The summed E-state index contributed by atoms with van der Waals surface area (Å²) in [5.41, 5.74) is -0.461. The highest BCUT2D eigenvalue weighted by Crippen LogP contribution is 2.67. The van der Waals surface area contributed by atoms with E-state index in [0.29, 0.717) is 17.7 Å². The summed E-state index contributed by atoms with van der Waals surface area (Å²) >= 11 is 0. The fourth-order valence-corrected chi connectivity index (χ4v) is 8.77. The largest absolute Gasteiger partial charge is 0.497 e. The number of rotatable bonds is 8. The molecule has 2 aromatic rings. The number of nitrogens with one attached hydrogen (secondary N) is 1. The average molecular weight is 607 g/mol. The van der Waals surface area contributed by atoms with Crippen LogP contribution in [0.15, 0.2) is 54.6 Å². The van der Waals surface area contributed by atoms with Gasteiger partial charge < -0.3 is 29.5 Å². The SMILES string of the molecule is CC[C@]12C=CCN3CC[C@@]4(c5ccc(OC)cc5N(C)[C@H]4[C@@](O)(CNC(=O)OCc4ccc([N+](=O)[O-])cc4)[C@@H]1OC(C)=O)[C@@H]32. The number of fused-ring (bicyclic) bond motifs is 1. The van der Waals surface area contributed by atoms with E-state index >= 15 is 0 Å². The summed E-state index contributed by atoms with van der Waals surface area (Å²) in [5.74, 6) is 0.177. The van der Waals surface area contributed by atoms with Crippen molar-refractivity contribution in [2.45, 2.75) is 62.5 Å². The summed E-state index contributed by atoms with van der Waals surface area (Å²) in [4.78, 5) is 40.7. The van der Waals surface area contributed by atoms with Gasteiger partial charge in [-0.05, 0) is 48.7 Å². The summed E-state index contributed by atoms with van der Waals surface area (Å²) in [7, 11) is 3.55. The number of benzene rings is 2. The minimum Gasteiger partial charge on any atom is -0.497 e. The summed E-state index contributed by atoms with van der Waals surface area (Å²) in [5, 5.41) is 26.8. The van der Waals surface area contributed by atoms with E-state index in [-0.39, 0.29) is 24.9 Å². The van der Waals surface area contributed by atoms with Crippen LogP contribution in [0.2, 0.25) is 0 Å². The van der Waals surface area contributed by atoms with Crippen molar-refractivity contribution in [3.8, 4) is 5.75 Å². The van der Waals surface area contributed by atoms with E-state index in [2.05, 4.69) is 40.3 Å². The molecule has 1 saturated heterocycles. The quantitative estimate of drug-likeness (QED) is 0.199. The first-order valence-corrected chi connectivity index (χ1v) is 14.9. The Morgan fingerprint density at radius 3 is 2.59 bits per heavy atom. The summed E-state index contributed by atoms with van der Waals surface area (Å²) in [6.07, 6.45) is 3.83. The molecule has 1 saturated carbocycles. The van der Waals surface area contributed by atoms with Crippen molar-refractivity contribution in [2.24, 2.45) is 5.41 Å². The number of amides is 1. The first-order chi connectivity index (χ1) is 21.0. The Labute approximate surface area is 255 Å². The molecule has 234 valence electrons. The molecule has 44 heavy (non-hydrogen) atoms. The standard InChI is InChI=1S/C32H38N4O8/c1-5-30-13-6-15-35-16-14-31(26(30)35)24-12-11-23(42-4)17-25(24)34(3)27(31)32(39,28(30)44-20(2)37)19-33-29(38)43-18-21-7-9-22(10-8-21)36(40)41/h6-13,17,26-28,39H,5,14-16,18-19H2,1-4H3,(H,33,38)/t26-,27+,28+,30+,31+,32-/m0/s1. The second-order valence-corrected chi connectivity index (χ2v) is 12.3. The van der Waals surface area contributed by atoms with Gasteiger partial charge in [0.2, 0.25) is 0 Å². The number of non-ortho nitro benzene ring substituents is 1. The number of alkyl carbamates (subject to hydrolysis) is 1. The number of carbonyl (C=O) groups excluding carboxylic acids is 2. The number of nitro groups is 1. The highest BCUT2D eigenvalue weighted by atomic mass is 16.6. The van der Waals surface area contributed by atoms with Crippen LogP contribution in [-0.4, -0.2) is 84.6 Å². The van der Waals surface area contributed by atoms with Crippen molar-refractivity contribution < 1.29 is 33.8 Å². The van der Waals surface area contributed by atoms with Gasteiger partial charge in [0.15, 0.2) is 0 Å². The predicted molar refractivity (Wildman–Crippen MR) is 160 cm³/mol. The van der Waals surface area contributed by atoms with Crippen LogP contribution in [0, 0.1) is 15.5 Å². The lowest BCUT2D eigenvalue weighted by Crippen LogP contribution is -2.81. The smallest absolute Gasteiger partial charge is 0.407 e. The number of likely N-dealkylation sites (N-methyl/N-ethyl adjacent to an activating group) is 1. The minimum atomic E-state index is -1.73. The average Bonchev–Trinajstić information content (AvgIpc) is 3.53. The zero-order valence-electron chi connectivity index (χ0n) is 25.3. The molecule has 0 radical (unpaired) electrons. The number of esters is 1. The van der Waals surface area contributed by atoms with Crippen molar-refractivity contribution in [1.82, 2.24) is 10.2 Å². The van der Waals surface area contributed by atoms with Gasteiger partial charge in [-0.3, -0.25) is 19.8 Å². The first kappa shape index (κ1) is 29.9. The molecule has 0 bridgehead atoms. The van der Waals surface area contributed by atoms with E-state index in [1.54, 1.807) is 7.11 Å². The van der Waals surface area contributed by atoms with Crippen molar-refractivity contribution in [2.75, 3.05) is 38.7 Å². The number of nitro benzene ring substituents is 1. The van der Waals surface area contributed by atoms with Crippen LogP contribution in [-0.2, 0) is 26.3 Å². The van der Waals surface area contributed by atoms with E-state index < -0.39 is 45.6 Å². The molecule has 3 heterocycles. The van der Waals surface area contributed by atoms with Gasteiger partial charge in [-0.25, -0.2) is 4.79 Å². The van der Waals surface area contributed by atoms with E-state index in [0.717, 1.165) is 30.8 Å². The number of aliphatic hydroxyl groups is 1. The fraction of sp³-hybridized carbons (Fsp3) is 0.500. The van der Waals surface area contributed by atoms with Crippen molar-refractivity contribution >= 4 is 23.4 Å². The zero-order valence-corrected chi connectivity index (χ0v) is 25.3. The highest BCUT2D eigenvalue weighted by molar-refractivity contribution is 5.72. The maximum atomic E-state index is 13.1. The van der Waals surface area contributed by atoms with Gasteiger partial charge in [-0.15, -0.1) is 0 Å². The molecule has 0 aromatic heterocycles. The van der Waals surface area contributed by atoms with Crippen LogP contribution in [0.25, 0.3) is 0 Å². The number of anilines is 1. The van der Waals surface area contributed by atoms with Crippen LogP contribution >= 0.6 is 0 Å². The predicted octanol–water partition coefficient (Wildman–Crippen LogP) is 3.30. The van der Waals surface area contributed by atoms with Gasteiger partial charge in [-0.2, -0.15) is 0 Å². The molecule has 6 atom stereocenters. The van der Waals surface area contributed by atoms with E-state index in [9.17, 15) is 24.8 Å². The number of hydrogen-bond donors (Lipinski definition) is 2. The summed E-state index contributed by atoms with van der Waals surface area (Å²) in [6.45, 7) is 4.60. The molecule has 12 heteroatoms. The third kappa shape index (κ3) is 4.26. The van der Waals surface area contributed by atoms with Gasteiger partial charge in [0.25, 0.3) is 5.69 Å². The number of carbonyl (C=O) groups is 2. The third-order valence-electron chi connectivity index (χ3n) is 10.2. The Bertz CT molecular complexity index is 1510. The molecule has 4 aliphatic rings. The number of ether oxygens (including phenoxy) is 3. The zero-order chi connectivity index (χ0) is 31.4. The van der Waals surface area contributed by atoms with Gasteiger partial charge in [0, 0.05) is 61.3 Å². The molecule has 1 spiro atoms. The number of hydrogen-bond acceptors (Lipinski definition) is 10. The lowest BCUT2D eigenvalue weighted by molar-refractivity contribution is -0.384. The second-order valence-electron chi connectivity index (χ2n) is 12.3. The van der Waals surface area contributed by atoms with Crippen molar-refractivity contribution in [1.29, 1.82) is 0 Å². The number of nitrogens with zero attached hydrogens (tertiary/aromatic N) is 3. The van der Waals surface area contributed by atoms with Gasteiger partial charge in [0.1, 0.15) is 24.1 Å². The Hall–Kier alpha value is -4.16. The van der Waals surface area contributed by atoms with Gasteiger partial charge >= 0.3 is 12.1 Å². The topological polar surface area (TPSA) is 144 Å². The Morgan fingerprint density at radius 2 is 1.93 bits per heavy atom. The van der Waals surface area contributed by atoms with Gasteiger partial charge in [0.05, 0.1) is 24.6 Å². The van der Waals surface area contributed by atoms with E-state index in [1.165, 1.54) is 31.2 Å². The van der Waals surface area contributed by atoms with Crippen molar-refractivity contribution in [3.63, 3.8) is 0 Å². The lowest BCUT2D eigenvalue weighted by atomic mass is 9.47. The monoisotopic (exact) mass is 606 g/mol. The van der Waals surface area contributed by atoms with Crippen LogP contribution in [0.3, 0.4) is 0 Å². The van der Waals surface area contributed by atoms with Crippen LogP contribution in [0.4, 0.5) is 16.2 Å². The van der Waals surface area contributed by atoms with Gasteiger partial charge in [-0.1, -0.05) is 25.1 Å². The number of methoxy groups -OCH3 is 1. The van der Waals surface area contributed by atoms with Crippen LogP contribution in [0.1, 0.15) is 37.8 Å². The normalized spacial score (nSPS) is 31.5. The van der Waals surface area contributed by atoms with E-state index in [1.807, 2.05) is 19.2 Å². The molecule has 2 N–H and O–H groups in total. The summed E-state index contributed by atoms with van der Waals surface area (Å²) < 4.78 is 17.1. The van der Waals surface area contributed by atoms with Crippen molar-refractivity contribution in [3.05, 3.63) is 75.9 Å². The second kappa shape index (κ2) is 10.8. The molecular weight excluding hydrogens is 568 g/mol. The summed E-state index contributed by atoms with van der Waals surface area (Å²) in [6, 6.07) is 11.1. The van der Waals surface area contributed by atoms with Crippen LogP contribution in [0.5, 0.6) is 5.75 Å². The molecule has 6 rings (SSSR count). The Morgan fingerprint density at radius 1 is 1.18 bits per heavy atom. The molecule has 0 unspecified atom stereocenters. The lowest BCUT2D eigenvalue weighted by Gasteiger charge is -2.64. The van der Waals surface area contributed by atoms with E-state index in [4.69, 9.17) is 14.2 Å². The van der Waals surface area contributed by atoms with Crippen LogP contribution < -0.4 is 15.0 Å². The maximum Gasteiger partial charge on any atom is 0.407 e. The Balaban J connectivity index is 1.38. The highest BCUT2D eigenvalue weighted by Gasteiger charge is 2.77. The first-order valence-electron chi connectivity index (χ1n) is 14.9. The third-order valence-corrected chi connectivity index (χ3v) is 10.2. The fourth-order valence-electron chi connectivity index (χ4n) is 8.77.